The smallest absolute Gasteiger partial charge is 0.259 e. The Kier molecular flexibility index (Phi) is 5.00. The zero-order valence-corrected chi connectivity index (χ0v) is 15.6. The largest absolute Gasteiger partial charge is 0.495 e. The number of anilines is 1. The second-order valence-electron chi connectivity index (χ2n) is 6.11. The molecule has 0 aliphatic heterocycles. The summed E-state index contributed by atoms with van der Waals surface area (Å²) in [6, 6.07) is 12.6. The molecule has 0 radical (unpaired) electrons. The Morgan fingerprint density at radius 3 is 2.65 bits per heavy atom. The second-order valence-corrected chi connectivity index (χ2v) is 6.52. The summed E-state index contributed by atoms with van der Waals surface area (Å²) in [4.78, 5) is 25.2. The van der Waals surface area contributed by atoms with Crippen molar-refractivity contribution in [2.45, 2.75) is 20.4 Å². The zero-order valence-electron chi connectivity index (χ0n) is 14.8. The van der Waals surface area contributed by atoms with Crippen LogP contribution in [0.1, 0.15) is 11.3 Å². The minimum atomic E-state index is -0.314. The molecule has 0 saturated heterocycles. The van der Waals surface area contributed by atoms with Gasteiger partial charge in [-0.3, -0.25) is 9.59 Å². The Labute approximate surface area is 156 Å². The van der Waals surface area contributed by atoms with Gasteiger partial charge in [0.1, 0.15) is 12.3 Å². The first-order valence-electron chi connectivity index (χ1n) is 8.14. The van der Waals surface area contributed by atoms with Gasteiger partial charge in [-0.2, -0.15) is 0 Å². The van der Waals surface area contributed by atoms with Gasteiger partial charge in [0, 0.05) is 22.2 Å². The van der Waals surface area contributed by atoms with Crippen LogP contribution in [0.5, 0.6) is 5.75 Å². The number of amides is 1. The van der Waals surface area contributed by atoms with E-state index in [0.717, 1.165) is 16.6 Å². The summed E-state index contributed by atoms with van der Waals surface area (Å²) in [6.07, 6.45) is 0. The summed E-state index contributed by atoms with van der Waals surface area (Å²) in [5, 5.41) is 4.81. The van der Waals surface area contributed by atoms with Crippen LogP contribution < -0.4 is 15.6 Å². The number of nitrogens with one attached hydrogen (secondary N) is 1. The predicted octanol–water partition coefficient (Wildman–Crippen LogP) is 3.92. The molecule has 0 bridgehead atoms. The number of aromatic nitrogens is 1. The van der Waals surface area contributed by atoms with Crippen molar-refractivity contribution >= 4 is 34.0 Å². The maximum Gasteiger partial charge on any atom is 0.259 e. The van der Waals surface area contributed by atoms with E-state index >= 15 is 0 Å². The number of fused-ring (bicyclic) bond motifs is 1. The molecule has 1 amide bonds. The maximum atomic E-state index is 12.7. The lowest BCUT2D eigenvalue weighted by atomic mass is 10.1. The SMILES string of the molecule is COc1cc(Cl)c(C)cc1NC(=O)Cn1c(C)cc2ccccc2c1=O. The van der Waals surface area contributed by atoms with Gasteiger partial charge in [-0.15, -0.1) is 0 Å². The number of hydrogen-bond donors (Lipinski definition) is 1. The van der Waals surface area contributed by atoms with E-state index in [2.05, 4.69) is 5.32 Å². The van der Waals surface area contributed by atoms with Crippen molar-refractivity contribution in [3.05, 3.63) is 69.1 Å². The van der Waals surface area contributed by atoms with Crippen LogP contribution in [0, 0.1) is 13.8 Å². The van der Waals surface area contributed by atoms with E-state index in [0.29, 0.717) is 21.8 Å². The molecule has 26 heavy (non-hydrogen) atoms. The van der Waals surface area contributed by atoms with Crippen LogP contribution in [0.25, 0.3) is 10.8 Å². The molecule has 2 aromatic carbocycles. The zero-order chi connectivity index (χ0) is 18.8. The van der Waals surface area contributed by atoms with Crippen molar-refractivity contribution in [1.29, 1.82) is 0 Å². The fraction of sp³-hybridized carbons (Fsp3) is 0.200. The van der Waals surface area contributed by atoms with Gasteiger partial charge in [0.25, 0.3) is 5.56 Å². The Bertz CT molecular complexity index is 1060. The van der Waals surface area contributed by atoms with Crippen LogP contribution >= 0.6 is 11.6 Å². The number of ether oxygens (including phenoxy) is 1. The molecule has 1 aromatic heterocycles. The fourth-order valence-corrected chi connectivity index (χ4v) is 3.04. The van der Waals surface area contributed by atoms with Crippen molar-refractivity contribution < 1.29 is 9.53 Å². The number of rotatable bonds is 4. The number of carbonyl (C=O) groups excluding carboxylic acids is 1. The summed E-state index contributed by atoms with van der Waals surface area (Å²) < 4.78 is 6.73. The lowest BCUT2D eigenvalue weighted by Gasteiger charge is -2.14. The molecule has 3 rings (SSSR count). The van der Waals surface area contributed by atoms with Crippen molar-refractivity contribution in [3.8, 4) is 5.75 Å². The van der Waals surface area contributed by atoms with Crippen molar-refractivity contribution in [1.82, 2.24) is 4.57 Å². The van der Waals surface area contributed by atoms with Crippen LogP contribution in [0.15, 0.2) is 47.3 Å². The van der Waals surface area contributed by atoms with Crippen LogP contribution in [0.4, 0.5) is 5.69 Å². The molecule has 0 atom stereocenters. The van der Waals surface area contributed by atoms with Crippen LogP contribution in [-0.2, 0) is 11.3 Å². The summed E-state index contributed by atoms with van der Waals surface area (Å²) in [6.45, 7) is 3.57. The molecule has 0 spiro atoms. The van der Waals surface area contributed by atoms with E-state index in [1.807, 2.05) is 38.1 Å². The molecule has 0 aliphatic rings. The number of hydrogen-bond acceptors (Lipinski definition) is 3. The molecule has 1 N–H and O–H groups in total. The summed E-state index contributed by atoms with van der Waals surface area (Å²) in [7, 11) is 1.51. The average molecular weight is 371 g/mol. The van der Waals surface area contributed by atoms with Crippen molar-refractivity contribution in [2.75, 3.05) is 12.4 Å². The number of nitrogens with zero attached hydrogens (tertiary/aromatic N) is 1. The van der Waals surface area contributed by atoms with Gasteiger partial charge in [-0.1, -0.05) is 29.8 Å². The molecule has 6 heteroatoms. The fourth-order valence-electron chi connectivity index (χ4n) is 2.89. The van der Waals surface area contributed by atoms with Crippen LogP contribution in [0.3, 0.4) is 0 Å². The third kappa shape index (κ3) is 3.44. The molecule has 5 nitrogen and oxygen atoms in total. The topological polar surface area (TPSA) is 60.3 Å². The lowest BCUT2D eigenvalue weighted by molar-refractivity contribution is -0.116. The van der Waals surface area contributed by atoms with Crippen molar-refractivity contribution in [3.63, 3.8) is 0 Å². The quantitative estimate of drug-likeness (QED) is 0.757. The highest BCUT2D eigenvalue weighted by molar-refractivity contribution is 6.31. The highest BCUT2D eigenvalue weighted by Gasteiger charge is 2.13. The summed E-state index contributed by atoms with van der Waals surface area (Å²) >= 11 is 6.09. The number of aryl methyl sites for hydroxylation is 2. The van der Waals surface area contributed by atoms with E-state index in [4.69, 9.17) is 16.3 Å². The molecule has 1 heterocycles. The molecular formula is C20H19ClN2O3. The molecule has 0 saturated carbocycles. The molecule has 134 valence electrons. The number of carbonyl (C=O) groups is 1. The Balaban J connectivity index is 1.91. The van der Waals surface area contributed by atoms with E-state index in [1.165, 1.54) is 11.7 Å². The number of pyridine rings is 1. The Morgan fingerprint density at radius 2 is 1.92 bits per heavy atom. The third-order valence-corrected chi connectivity index (χ3v) is 4.69. The standard InChI is InChI=1S/C20H19ClN2O3/c1-12-8-17(18(26-3)10-16(12)21)22-19(24)11-23-13(2)9-14-6-4-5-7-15(14)20(23)25/h4-10H,11H2,1-3H3,(H,22,24). The van der Waals surface area contributed by atoms with E-state index in [9.17, 15) is 9.59 Å². The van der Waals surface area contributed by atoms with Crippen LogP contribution in [-0.4, -0.2) is 17.6 Å². The molecule has 0 aliphatic carbocycles. The van der Waals surface area contributed by atoms with E-state index in [1.54, 1.807) is 18.2 Å². The van der Waals surface area contributed by atoms with Gasteiger partial charge in [0.2, 0.25) is 5.91 Å². The highest BCUT2D eigenvalue weighted by atomic mass is 35.5. The van der Waals surface area contributed by atoms with E-state index in [-0.39, 0.29) is 18.0 Å². The number of methoxy groups -OCH3 is 1. The summed E-state index contributed by atoms with van der Waals surface area (Å²) in [5.74, 6) is 0.155. The van der Waals surface area contributed by atoms with Gasteiger partial charge in [0.05, 0.1) is 12.8 Å². The maximum absolute atomic E-state index is 12.7. The second kappa shape index (κ2) is 7.22. The van der Waals surface area contributed by atoms with Crippen molar-refractivity contribution in [2.24, 2.45) is 0 Å². The lowest BCUT2D eigenvalue weighted by Crippen LogP contribution is -2.29. The normalized spacial score (nSPS) is 10.8. The van der Waals surface area contributed by atoms with Gasteiger partial charge in [-0.25, -0.2) is 0 Å². The highest BCUT2D eigenvalue weighted by Crippen LogP contribution is 2.30. The van der Waals surface area contributed by atoms with Gasteiger partial charge >= 0.3 is 0 Å². The first kappa shape index (κ1) is 18.0. The molecule has 3 aromatic rings. The van der Waals surface area contributed by atoms with Crippen LogP contribution in [0.2, 0.25) is 5.02 Å². The average Bonchev–Trinajstić information content (AvgIpc) is 2.61. The minimum Gasteiger partial charge on any atom is -0.495 e. The van der Waals surface area contributed by atoms with Gasteiger partial charge < -0.3 is 14.6 Å². The first-order valence-corrected chi connectivity index (χ1v) is 8.51. The predicted molar refractivity (Wildman–Crippen MR) is 104 cm³/mol. The number of benzene rings is 2. The Morgan fingerprint density at radius 1 is 1.19 bits per heavy atom. The van der Waals surface area contributed by atoms with E-state index < -0.39 is 0 Å². The number of halogens is 1. The van der Waals surface area contributed by atoms with Gasteiger partial charge in [0.15, 0.2) is 0 Å². The first-order chi connectivity index (χ1) is 12.4. The minimum absolute atomic E-state index is 0.0830. The monoisotopic (exact) mass is 370 g/mol. The molecular weight excluding hydrogens is 352 g/mol. The summed E-state index contributed by atoms with van der Waals surface area (Å²) in [5.41, 5.74) is 1.88. The Hall–Kier alpha value is -2.79. The molecule has 0 unspecified atom stereocenters. The molecule has 0 fully saturated rings. The third-order valence-electron chi connectivity index (χ3n) is 4.28. The van der Waals surface area contributed by atoms with Gasteiger partial charge in [-0.05, 0) is 43.0 Å².